The van der Waals surface area contributed by atoms with Gasteiger partial charge >= 0.3 is 0 Å². The summed E-state index contributed by atoms with van der Waals surface area (Å²) in [4.78, 5) is 33.1. The second-order valence-corrected chi connectivity index (χ2v) is 4.71. The van der Waals surface area contributed by atoms with Gasteiger partial charge < -0.3 is 16.0 Å². The summed E-state index contributed by atoms with van der Waals surface area (Å²) < 4.78 is 0. The topological polar surface area (TPSA) is 96.0 Å². The molecule has 0 atom stereocenters. The summed E-state index contributed by atoms with van der Waals surface area (Å²) in [6, 6.07) is 0. The average Bonchev–Trinajstić information content (AvgIpc) is 2.49. The summed E-state index contributed by atoms with van der Waals surface area (Å²) in [6.07, 6.45) is 1.14. The first-order valence-corrected chi connectivity index (χ1v) is 7.80. The number of anilines is 2. The maximum atomic E-state index is 12.2. The molecule has 1 heterocycles. The molecule has 1 aromatic rings. The lowest BCUT2D eigenvalue weighted by Crippen LogP contribution is -2.27. The molecule has 1 amide bonds. The summed E-state index contributed by atoms with van der Waals surface area (Å²) in [5.74, 6) is 0.325. The van der Waals surface area contributed by atoms with E-state index in [1.165, 1.54) is 0 Å². The minimum absolute atomic E-state index is 0.0763. The van der Waals surface area contributed by atoms with Crippen LogP contribution in [0, 0.1) is 0 Å². The zero-order chi connectivity index (χ0) is 16.5. The Labute approximate surface area is 131 Å². The van der Waals surface area contributed by atoms with Crippen molar-refractivity contribution in [2.45, 2.75) is 40.5 Å². The maximum absolute atomic E-state index is 12.2. The zero-order valence-electron chi connectivity index (χ0n) is 13.7. The first-order chi connectivity index (χ1) is 10.6. The molecule has 7 heteroatoms. The predicted molar refractivity (Wildman–Crippen MR) is 87.6 cm³/mol. The van der Waals surface area contributed by atoms with Crippen molar-refractivity contribution < 1.29 is 9.59 Å². The van der Waals surface area contributed by atoms with Gasteiger partial charge in [0.05, 0.1) is 0 Å². The molecule has 0 radical (unpaired) electrons. The number of carbonyl (C=O) groups is 2. The van der Waals surface area contributed by atoms with Gasteiger partial charge in [-0.2, -0.15) is 0 Å². The van der Waals surface area contributed by atoms with Gasteiger partial charge in [0.15, 0.2) is 28.8 Å². The van der Waals surface area contributed by atoms with Crippen LogP contribution in [0.2, 0.25) is 0 Å². The molecular weight excluding hydrogens is 282 g/mol. The largest absolute Gasteiger partial charge is 0.368 e. The lowest BCUT2D eigenvalue weighted by atomic mass is 10.1. The van der Waals surface area contributed by atoms with Gasteiger partial charge in [0.1, 0.15) is 0 Å². The predicted octanol–water partition coefficient (Wildman–Crippen LogP) is 2.07. The van der Waals surface area contributed by atoms with Crippen molar-refractivity contribution in [2.75, 3.05) is 30.3 Å². The van der Waals surface area contributed by atoms with Gasteiger partial charge in [-0.15, -0.1) is 0 Å². The Balaban J connectivity index is 3.35. The van der Waals surface area contributed by atoms with E-state index < -0.39 is 0 Å². The highest BCUT2D eigenvalue weighted by atomic mass is 16.2. The molecule has 22 heavy (non-hydrogen) atoms. The number of ketones is 1. The van der Waals surface area contributed by atoms with Crippen LogP contribution in [-0.4, -0.2) is 41.3 Å². The van der Waals surface area contributed by atoms with Crippen LogP contribution in [0.5, 0.6) is 0 Å². The van der Waals surface area contributed by atoms with E-state index in [0.29, 0.717) is 37.7 Å². The van der Waals surface area contributed by atoms with E-state index >= 15 is 0 Å². The molecule has 0 spiro atoms. The van der Waals surface area contributed by atoms with Crippen molar-refractivity contribution in [3.8, 4) is 0 Å². The molecule has 1 aromatic heterocycles. The van der Waals surface area contributed by atoms with Gasteiger partial charge in [-0.05, 0) is 27.2 Å². The summed E-state index contributed by atoms with van der Waals surface area (Å²) >= 11 is 0. The molecule has 0 fully saturated rings. The zero-order valence-corrected chi connectivity index (χ0v) is 13.7. The Kier molecular flexibility index (Phi) is 7.28. The summed E-state index contributed by atoms with van der Waals surface area (Å²) in [7, 11) is 0. The molecule has 7 nitrogen and oxygen atoms in total. The van der Waals surface area contributed by atoms with E-state index in [1.54, 1.807) is 0 Å². The van der Waals surface area contributed by atoms with E-state index in [4.69, 9.17) is 0 Å². The van der Waals surface area contributed by atoms with E-state index in [0.717, 1.165) is 6.42 Å². The number of hydrogen-bond acceptors (Lipinski definition) is 6. The van der Waals surface area contributed by atoms with E-state index in [9.17, 15) is 9.59 Å². The number of nitrogens with zero attached hydrogens (tertiary/aromatic N) is 2. The van der Waals surface area contributed by atoms with Crippen LogP contribution in [0.25, 0.3) is 0 Å². The number of Topliss-reactive ketones (excluding diaryl/α,β-unsaturated/α-hetero) is 1. The Hall–Kier alpha value is -2.18. The molecule has 1 rings (SSSR count). The quantitative estimate of drug-likeness (QED) is 0.604. The minimum Gasteiger partial charge on any atom is -0.368 e. The fourth-order valence-corrected chi connectivity index (χ4v) is 1.96. The lowest BCUT2D eigenvalue weighted by Gasteiger charge is -2.14. The van der Waals surface area contributed by atoms with Crippen molar-refractivity contribution in [1.29, 1.82) is 0 Å². The fourth-order valence-electron chi connectivity index (χ4n) is 1.96. The van der Waals surface area contributed by atoms with E-state index in [-0.39, 0.29) is 23.1 Å². The number of aromatic nitrogens is 2. The Morgan fingerprint density at radius 2 is 1.41 bits per heavy atom. The third kappa shape index (κ3) is 4.41. The van der Waals surface area contributed by atoms with Gasteiger partial charge in [0, 0.05) is 26.1 Å². The second kappa shape index (κ2) is 8.96. The summed E-state index contributed by atoms with van der Waals surface area (Å²) in [5.41, 5.74) is 0.486. The first-order valence-electron chi connectivity index (χ1n) is 7.80. The molecule has 0 unspecified atom stereocenters. The van der Waals surface area contributed by atoms with Gasteiger partial charge in [-0.3, -0.25) is 9.59 Å². The lowest BCUT2D eigenvalue weighted by molar-refractivity contribution is 0.0945. The Morgan fingerprint density at radius 1 is 0.864 bits per heavy atom. The molecule has 0 saturated heterocycles. The van der Waals surface area contributed by atoms with Crippen LogP contribution in [0.15, 0.2) is 0 Å². The number of carbonyl (C=O) groups excluding carboxylic acids is 2. The van der Waals surface area contributed by atoms with Crippen LogP contribution in [0.4, 0.5) is 11.6 Å². The highest BCUT2D eigenvalue weighted by Crippen LogP contribution is 2.20. The smallest absolute Gasteiger partial charge is 0.273 e. The summed E-state index contributed by atoms with van der Waals surface area (Å²) in [5, 5.41) is 8.74. The average molecular weight is 307 g/mol. The number of hydrogen-bond donors (Lipinski definition) is 3. The second-order valence-electron chi connectivity index (χ2n) is 4.71. The Bertz CT molecular complexity index is 483. The maximum Gasteiger partial charge on any atom is 0.273 e. The number of nitrogens with one attached hydrogen (secondary N) is 3. The van der Waals surface area contributed by atoms with Gasteiger partial charge in [-0.1, -0.05) is 6.92 Å². The Morgan fingerprint density at radius 3 is 1.91 bits per heavy atom. The number of amides is 1. The van der Waals surface area contributed by atoms with Crippen molar-refractivity contribution in [3.05, 3.63) is 11.4 Å². The van der Waals surface area contributed by atoms with Gasteiger partial charge in [-0.25, -0.2) is 9.97 Å². The molecule has 0 bridgehead atoms. The highest BCUT2D eigenvalue weighted by Gasteiger charge is 2.21. The van der Waals surface area contributed by atoms with Crippen LogP contribution in [0.3, 0.4) is 0 Å². The van der Waals surface area contributed by atoms with Crippen molar-refractivity contribution >= 4 is 23.3 Å². The van der Waals surface area contributed by atoms with Gasteiger partial charge in [0.2, 0.25) is 0 Å². The first kappa shape index (κ1) is 17.9. The monoisotopic (exact) mass is 307 g/mol. The molecule has 0 aliphatic heterocycles. The third-order valence-electron chi connectivity index (χ3n) is 2.88. The normalized spacial score (nSPS) is 10.2. The van der Waals surface area contributed by atoms with Crippen LogP contribution < -0.4 is 16.0 Å². The standard InChI is InChI=1S/C15H25N5O2/c1-5-9-10(21)11-13(16-6-2)20-12(15(22)18-8-4)14(19-11)17-7-3/h5-9H2,1-4H3,(H,16,20)(H,17,19)(H,18,22). The SMILES string of the molecule is CCCC(=O)c1nc(NCC)c(C(=O)NCC)nc1NCC. The van der Waals surface area contributed by atoms with Crippen molar-refractivity contribution in [3.63, 3.8) is 0 Å². The molecule has 0 aliphatic carbocycles. The highest BCUT2D eigenvalue weighted by molar-refractivity contribution is 6.02. The molecular formula is C15H25N5O2. The number of rotatable bonds is 9. The van der Waals surface area contributed by atoms with E-state index in [2.05, 4.69) is 25.9 Å². The van der Waals surface area contributed by atoms with Crippen molar-refractivity contribution in [1.82, 2.24) is 15.3 Å². The molecule has 0 saturated carbocycles. The third-order valence-corrected chi connectivity index (χ3v) is 2.88. The van der Waals surface area contributed by atoms with Crippen LogP contribution in [0.1, 0.15) is 61.5 Å². The van der Waals surface area contributed by atoms with E-state index in [1.807, 2.05) is 27.7 Å². The fraction of sp³-hybridized carbons (Fsp3) is 0.600. The van der Waals surface area contributed by atoms with Gasteiger partial charge in [0.25, 0.3) is 5.91 Å². The van der Waals surface area contributed by atoms with Crippen molar-refractivity contribution in [2.24, 2.45) is 0 Å². The minimum atomic E-state index is -0.306. The van der Waals surface area contributed by atoms with Crippen LogP contribution >= 0.6 is 0 Å². The molecule has 0 aromatic carbocycles. The molecule has 122 valence electrons. The molecule has 0 aliphatic rings. The molecule has 3 N–H and O–H groups in total. The summed E-state index contributed by atoms with van der Waals surface area (Å²) in [6.45, 7) is 9.25. The van der Waals surface area contributed by atoms with Crippen LogP contribution in [-0.2, 0) is 0 Å².